The number of fused-ring (bicyclic) bond motifs is 2. The predicted octanol–water partition coefficient (Wildman–Crippen LogP) is 4.70. The highest BCUT2D eigenvalue weighted by atomic mass is 35.5. The van der Waals surface area contributed by atoms with Crippen LogP contribution in [0.5, 0.6) is 0 Å². The van der Waals surface area contributed by atoms with Gasteiger partial charge < -0.3 is 14.4 Å². The van der Waals surface area contributed by atoms with Crippen LogP contribution in [0.2, 0.25) is 10.0 Å². The summed E-state index contributed by atoms with van der Waals surface area (Å²) in [6, 6.07) is 20.7. The van der Waals surface area contributed by atoms with Gasteiger partial charge in [-0.1, -0.05) is 53.5 Å². The maximum absolute atomic E-state index is 15.1. The molecule has 0 bridgehead atoms. The first-order chi connectivity index (χ1) is 19.6. The molecule has 10 heteroatoms. The van der Waals surface area contributed by atoms with Crippen molar-refractivity contribution in [3.8, 4) is 0 Å². The molecule has 8 nitrogen and oxygen atoms in total. The molecule has 212 valence electrons. The number of ether oxygens (including phenoxy) is 2. The number of anilines is 1. The quantitative estimate of drug-likeness (QED) is 0.289. The summed E-state index contributed by atoms with van der Waals surface area (Å²) in [5, 5.41) is 0.749. The van der Waals surface area contributed by atoms with Gasteiger partial charge in [-0.2, -0.15) is 0 Å². The number of Topliss-reactive ketones (excluding diaryl/α,β-unsaturated/α-hetero) is 1. The molecule has 41 heavy (non-hydrogen) atoms. The molecule has 1 fully saturated rings. The van der Waals surface area contributed by atoms with Crippen molar-refractivity contribution in [1.29, 1.82) is 0 Å². The molecule has 0 unspecified atom stereocenters. The van der Waals surface area contributed by atoms with Crippen LogP contribution < -0.4 is 4.90 Å². The summed E-state index contributed by atoms with van der Waals surface area (Å²) < 4.78 is 10.3. The van der Waals surface area contributed by atoms with Crippen LogP contribution in [0.25, 0.3) is 0 Å². The van der Waals surface area contributed by atoms with Crippen molar-refractivity contribution in [2.75, 3.05) is 32.7 Å². The largest absolute Gasteiger partial charge is 0.469 e. The van der Waals surface area contributed by atoms with Gasteiger partial charge in [-0.25, -0.2) is 4.79 Å². The number of rotatable bonds is 7. The number of hydrogen-bond acceptors (Lipinski definition) is 7. The maximum atomic E-state index is 15.1. The molecule has 3 aromatic rings. The fraction of sp³-hybridized carbons (Fsp3) is 0.290. The number of esters is 2. The Kier molecular flexibility index (Phi) is 7.68. The van der Waals surface area contributed by atoms with E-state index in [0.717, 1.165) is 5.56 Å². The topological polar surface area (TPSA) is 93.2 Å². The molecule has 0 radical (unpaired) electrons. The third kappa shape index (κ3) is 4.33. The van der Waals surface area contributed by atoms with Gasteiger partial charge in [0.25, 0.3) is 0 Å². The number of amides is 1. The Bertz CT molecular complexity index is 1530. The van der Waals surface area contributed by atoms with E-state index in [-0.39, 0.29) is 18.9 Å². The van der Waals surface area contributed by atoms with Crippen LogP contribution in [0.1, 0.15) is 27.9 Å². The molecule has 0 saturated carbocycles. The Morgan fingerprint density at radius 3 is 2.22 bits per heavy atom. The Morgan fingerprint density at radius 1 is 0.927 bits per heavy atom. The molecule has 2 heterocycles. The number of carbonyl (C=O) groups excluding carboxylic acids is 4. The number of ketones is 1. The van der Waals surface area contributed by atoms with Crippen molar-refractivity contribution in [2.45, 2.75) is 23.9 Å². The van der Waals surface area contributed by atoms with Gasteiger partial charge in [-0.3, -0.25) is 19.3 Å². The SMILES string of the molecule is COC(=O)C[C@]1(C(=O)OC)N(C)C[C@@H](C(=O)c2ccc(Cl)cc2)[C@]12C(=O)N(Cc1ccccc1)c1ccc(Cl)cc12. The fourth-order valence-corrected chi connectivity index (χ4v) is 6.82. The smallest absolute Gasteiger partial charge is 0.328 e. The summed E-state index contributed by atoms with van der Waals surface area (Å²) >= 11 is 12.6. The molecule has 2 aliphatic heterocycles. The van der Waals surface area contributed by atoms with E-state index >= 15 is 4.79 Å². The first-order valence-corrected chi connectivity index (χ1v) is 13.7. The summed E-state index contributed by atoms with van der Waals surface area (Å²) in [5.41, 5.74) is -1.80. The number of halogens is 2. The minimum Gasteiger partial charge on any atom is -0.469 e. The molecule has 0 aromatic heterocycles. The molecule has 0 N–H and O–H groups in total. The lowest BCUT2D eigenvalue weighted by Gasteiger charge is -2.44. The second-order valence-electron chi connectivity index (χ2n) is 10.3. The van der Waals surface area contributed by atoms with Crippen LogP contribution in [0.15, 0.2) is 72.8 Å². The molecular weight excluding hydrogens is 567 g/mol. The van der Waals surface area contributed by atoms with Crippen molar-refractivity contribution in [3.05, 3.63) is 99.5 Å². The monoisotopic (exact) mass is 594 g/mol. The third-order valence-electron chi connectivity index (χ3n) is 8.32. The highest BCUT2D eigenvalue weighted by Crippen LogP contribution is 2.61. The minimum absolute atomic E-state index is 0.0234. The van der Waals surface area contributed by atoms with Crippen molar-refractivity contribution >= 4 is 52.5 Å². The maximum Gasteiger partial charge on any atom is 0.328 e. The van der Waals surface area contributed by atoms with Crippen molar-refractivity contribution in [2.24, 2.45) is 5.92 Å². The van der Waals surface area contributed by atoms with E-state index in [1.54, 1.807) is 59.3 Å². The second kappa shape index (κ2) is 10.9. The van der Waals surface area contributed by atoms with Gasteiger partial charge in [0, 0.05) is 27.8 Å². The van der Waals surface area contributed by atoms with Gasteiger partial charge in [0.2, 0.25) is 5.91 Å². The Balaban J connectivity index is 1.83. The lowest BCUT2D eigenvalue weighted by atomic mass is 9.58. The first kappa shape index (κ1) is 28.8. The number of methoxy groups -OCH3 is 2. The zero-order valence-electron chi connectivity index (χ0n) is 22.7. The average molecular weight is 595 g/mol. The summed E-state index contributed by atoms with van der Waals surface area (Å²) in [5.74, 6) is -3.56. The molecule has 3 aromatic carbocycles. The van der Waals surface area contributed by atoms with Crippen LogP contribution >= 0.6 is 23.2 Å². The van der Waals surface area contributed by atoms with Crippen molar-refractivity contribution in [3.63, 3.8) is 0 Å². The average Bonchev–Trinajstić information content (AvgIpc) is 3.37. The van der Waals surface area contributed by atoms with Gasteiger partial charge >= 0.3 is 11.9 Å². The predicted molar refractivity (Wildman–Crippen MR) is 154 cm³/mol. The molecular formula is C31H28Cl2N2O6. The summed E-state index contributed by atoms with van der Waals surface area (Å²) in [6.07, 6.45) is -0.534. The lowest BCUT2D eigenvalue weighted by Crippen LogP contribution is -2.67. The summed E-state index contributed by atoms with van der Waals surface area (Å²) in [4.78, 5) is 59.6. The molecule has 1 spiro atoms. The number of hydrogen-bond donors (Lipinski definition) is 0. The van der Waals surface area contributed by atoms with Gasteiger partial charge in [0.1, 0.15) is 11.0 Å². The third-order valence-corrected chi connectivity index (χ3v) is 8.81. The standard InChI is InChI=1S/C31H28Cl2N2O6/c1-34-18-24(27(37)20-9-11-21(32)12-10-20)31(30(34,29(39)41-3)16-26(36)40-2)23-15-22(33)13-14-25(23)35(28(31)38)17-19-7-5-4-6-8-19/h4-15,24H,16-18H2,1-3H3/t24-,30+,31+/m0/s1. The highest BCUT2D eigenvalue weighted by molar-refractivity contribution is 6.31. The van der Waals surface area contributed by atoms with E-state index in [9.17, 15) is 14.4 Å². The minimum atomic E-state index is -1.93. The Hall–Kier alpha value is -3.72. The molecule has 0 aliphatic carbocycles. The summed E-state index contributed by atoms with van der Waals surface area (Å²) in [6.45, 7) is 0.140. The van der Waals surface area contributed by atoms with Gasteiger partial charge in [-0.05, 0) is 60.6 Å². The van der Waals surface area contributed by atoms with Gasteiger partial charge in [0.05, 0.1) is 33.1 Å². The number of carbonyl (C=O) groups is 4. The fourth-order valence-electron chi connectivity index (χ4n) is 6.52. The molecule has 1 amide bonds. The van der Waals surface area contributed by atoms with Crippen molar-refractivity contribution in [1.82, 2.24) is 4.90 Å². The van der Waals surface area contributed by atoms with Gasteiger partial charge in [0.15, 0.2) is 5.78 Å². The van der Waals surface area contributed by atoms with Crippen LogP contribution in [-0.2, 0) is 35.8 Å². The number of nitrogens with zero attached hydrogens (tertiary/aromatic N) is 2. The highest BCUT2D eigenvalue weighted by Gasteiger charge is 2.77. The number of benzene rings is 3. The van der Waals surface area contributed by atoms with Crippen LogP contribution in [0, 0.1) is 5.92 Å². The van der Waals surface area contributed by atoms with E-state index in [0.29, 0.717) is 26.9 Å². The zero-order valence-corrected chi connectivity index (χ0v) is 24.2. The Labute approximate surface area is 247 Å². The molecule has 5 rings (SSSR count). The first-order valence-electron chi connectivity index (χ1n) is 12.9. The summed E-state index contributed by atoms with van der Waals surface area (Å²) in [7, 11) is 4.00. The van der Waals surface area contributed by atoms with E-state index in [4.69, 9.17) is 32.7 Å². The second-order valence-corrected chi connectivity index (χ2v) is 11.1. The Morgan fingerprint density at radius 2 is 1.59 bits per heavy atom. The molecule has 2 aliphatic rings. The zero-order chi connectivity index (χ0) is 29.5. The van der Waals surface area contributed by atoms with E-state index < -0.39 is 41.1 Å². The van der Waals surface area contributed by atoms with E-state index in [1.807, 2.05) is 30.3 Å². The van der Waals surface area contributed by atoms with Crippen LogP contribution in [0.3, 0.4) is 0 Å². The number of likely N-dealkylation sites (tertiary alicyclic amines) is 1. The van der Waals surface area contributed by atoms with E-state index in [2.05, 4.69) is 0 Å². The lowest BCUT2D eigenvalue weighted by molar-refractivity contribution is -0.165. The normalized spacial score (nSPS) is 23.5. The van der Waals surface area contributed by atoms with Crippen LogP contribution in [0.4, 0.5) is 5.69 Å². The number of likely N-dealkylation sites (N-methyl/N-ethyl adjacent to an activating group) is 1. The van der Waals surface area contributed by atoms with E-state index in [1.165, 1.54) is 14.2 Å². The van der Waals surface area contributed by atoms with Gasteiger partial charge in [-0.15, -0.1) is 0 Å². The van der Waals surface area contributed by atoms with Crippen LogP contribution in [-0.4, -0.2) is 61.9 Å². The molecule has 3 atom stereocenters. The molecule has 1 saturated heterocycles. The van der Waals surface area contributed by atoms with Crippen molar-refractivity contribution < 1.29 is 28.7 Å².